The molecule has 0 unspecified atom stereocenters. The molecule has 136 valence electrons. The molecule has 7 heteroatoms. The van der Waals surface area contributed by atoms with Gasteiger partial charge in [-0.05, 0) is 43.8 Å². The number of rotatable bonds is 4. The Morgan fingerprint density at radius 3 is 2.68 bits per heavy atom. The van der Waals surface area contributed by atoms with Gasteiger partial charge in [0.25, 0.3) is 5.91 Å². The summed E-state index contributed by atoms with van der Waals surface area (Å²) in [5.74, 6) is 0.706. The molecule has 2 aromatic heterocycles. The Morgan fingerprint density at radius 1 is 1.36 bits per heavy atom. The predicted molar refractivity (Wildman–Crippen MR) is 97.3 cm³/mol. The number of aryl methyl sites for hydroxylation is 1. The molecule has 1 fully saturated rings. The van der Waals surface area contributed by atoms with Crippen LogP contribution in [0.1, 0.15) is 39.3 Å². The molecule has 3 rings (SSSR count). The molecule has 0 bridgehead atoms. The van der Waals surface area contributed by atoms with Crippen LogP contribution in [0, 0.1) is 5.41 Å². The Balaban J connectivity index is 1.83. The summed E-state index contributed by atoms with van der Waals surface area (Å²) in [4.78, 5) is 13.2. The number of hydrogen-bond donors (Lipinski definition) is 2. The first-order valence-corrected chi connectivity index (χ1v) is 8.85. The molecule has 0 spiro atoms. The van der Waals surface area contributed by atoms with E-state index in [0.717, 1.165) is 31.0 Å². The molecule has 0 atom stereocenters. The molecule has 0 aliphatic carbocycles. The van der Waals surface area contributed by atoms with Crippen molar-refractivity contribution < 1.29 is 4.79 Å². The van der Waals surface area contributed by atoms with Gasteiger partial charge in [0.1, 0.15) is 11.4 Å². The average Bonchev–Trinajstić information content (AvgIpc) is 3.17. The summed E-state index contributed by atoms with van der Waals surface area (Å²) in [5, 5.41) is 15.3. The SMILES string of the molecule is Cn1nc(CC(C)(C)C)cc1NC(=O)C1(n2cccn2)CCNCC1. The van der Waals surface area contributed by atoms with Gasteiger partial charge in [-0.25, -0.2) is 0 Å². The number of anilines is 1. The quantitative estimate of drug-likeness (QED) is 0.888. The van der Waals surface area contributed by atoms with Crippen molar-refractivity contribution in [1.29, 1.82) is 0 Å². The van der Waals surface area contributed by atoms with Crippen molar-refractivity contribution in [2.75, 3.05) is 18.4 Å². The number of carbonyl (C=O) groups is 1. The Morgan fingerprint density at radius 2 is 2.08 bits per heavy atom. The highest BCUT2D eigenvalue weighted by molar-refractivity contribution is 5.96. The molecule has 2 N–H and O–H groups in total. The van der Waals surface area contributed by atoms with E-state index in [1.165, 1.54) is 0 Å². The summed E-state index contributed by atoms with van der Waals surface area (Å²) < 4.78 is 3.55. The monoisotopic (exact) mass is 344 g/mol. The maximum Gasteiger partial charge on any atom is 0.253 e. The summed E-state index contributed by atoms with van der Waals surface area (Å²) in [6, 6.07) is 3.84. The first kappa shape index (κ1) is 17.7. The lowest BCUT2D eigenvalue weighted by Gasteiger charge is -2.36. The third-order valence-corrected chi connectivity index (χ3v) is 4.68. The molecule has 1 aliphatic heterocycles. The summed E-state index contributed by atoms with van der Waals surface area (Å²) in [6.45, 7) is 8.15. The van der Waals surface area contributed by atoms with Gasteiger partial charge in [0.2, 0.25) is 0 Å². The summed E-state index contributed by atoms with van der Waals surface area (Å²) in [7, 11) is 1.87. The third-order valence-electron chi connectivity index (χ3n) is 4.68. The maximum atomic E-state index is 13.2. The van der Waals surface area contributed by atoms with E-state index in [4.69, 9.17) is 0 Å². The van der Waals surface area contributed by atoms with E-state index in [-0.39, 0.29) is 11.3 Å². The fourth-order valence-electron chi connectivity index (χ4n) is 3.43. The Bertz CT molecular complexity index is 719. The van der Waals surface area contributed by atoms with Crippen LogP contribution in [0.2, 0.25) is 0 Å². The lowest BCUT2D eigenvalue weighted by molar-refractivity contribution is -0.126. The van der Waals surface area contributed by atoms with E-state index in [1.807, 2.05) is 25.4 Å². The zero-order valence-electron chi connectivity index (χ0n) is 15.5. The van der Waals surface area contributed by atoms with Gasteiger partial charge in [0.15, 0.2) is 0 Å². The lowest BCUT2D eigenvalue weighted by atomic mass is 9.87. The van der Waals surface area contributed by atoms with E-state index < -0.39 is 5.54 Å². The number of amides is 1. The zero-order chi connectivity index (χ0) is 18.1. The number of piperidine rings is 1. The second kappa shape index (κ2) is 6.63. The Hall–Kier alpha value is -2.15. The van der Waals surface area contributed by atoms with Crippen LogP contribution in [0.15, 0.2) is 24.5 Å². The van der Waals surface area contributed by atoms with Gasteiger partial charge in [0, 0.05) is 25.5 Å². The van der Waals surface area contributed by atoms with Crippen molar-refractivity contribution in [3.8, 4) is 0 Å². The van der Waals surface area contributed by atoms with Crippen molar-refractivity contribution in [1.82, 2.24) is 24.9 Å². The standard InChI is InChI=1S/C18H28N6O/c1-17(2,3)13-14-12-15(23(4)22-14)21-16(25)18(6-9-19-10-7-18)24-11-5-8-20-24/h5,8,11-12,19H,6-7,9-10,13H2,1-4H3,(H,21,25). The van der Waals surface area contributed by atoms with Crippen LogP contribution in [-0.2, 0) is 23.8 Å². The van der Waals surface area contributed by atoms with Crippen molar-refractivity contribution in [3.63, 3.8) is 0 Å². The third kappa shape index (κ3) is 3.76. The molecule has 1 saturated heterocycles. The summed E-state index contributed by atoms with van der Waals surface area (Å²) in [5.41, 5.74) is 0.494. The van der Waals surface area contributed by atoms with E-state index in [1.54, 1.807) is 15.6 Å². The first-order valence-electron chi connectivity index (χ1n) is 8.85. The Kier molecular flexibility index (Phi) is 4.69. The molecular formula is C18H28N6O. The maximum absolute atomic E-state index is 13.2. The van der Waals surface area contributed by atoms with Crippen LogP contribution >= 0.6 is 0 Å². The van der Waals surface area contributed by atoms with E-state index in [9.17, 15) is 4.79 Å². The molecule has 1 aliphatic rings. The molecule has 3 heterocycles. The van der Waals surface area contributed by atoms with Crippen LogP contribution in [0.3, 0.4) is 0 Å². The normalized spacial score (nSPS) is 17.4. The molecule has 1 amide bonds. The van der Waals surface area contributed by atoms with Crippen molar-refractivity contribution in [2.45, 2.75) is 45.6 Å². The minimum Gasteiger partial charge on any atom is -0.317 e. The van der Waals surface area contributed by atoms with Crippen molar-refractivity contribution in [2.24, 2.45) is 12.5 Å². The van der Waals surface area contributed by atoms with Gasteiger partial charge in [0.05, 0.1) is 5.69 Å². The van der Waals surface area contributed by atoms with Gasteiger partial charge in [-0.1, -0.05) is 20.8 Å². The predicted octanol–water partition coefficient (Wildman–Crippen LogP) is 1.92. The van der Waals surface area contributed by atoms with Crippen molar-refractivity contribution in [3.05, 3.63) is 30.2 Å². The molecule has 0 radical (unpaired) electrons. The molecular weight excluding hydrogens is 316 g/mol. The topological polar surface area (TPSA) is 76.8 Å². The molecule has 0 saturated carbocycles. The molecule has 2 aromatic rings. The van der Waals surface area contributed by atoms with Crippen LogP contribution < -0.4 is 10.6 Å². The fraction of sp³-hybridized carbons (Fsp3) is 0.611. The highest BCUT2D eigenvalue weighted by atomic mass is 16.2. The van der Waals surface area contributed by atoms with Gasteiger partial charge in [-0.15, -0.1) is 0 Å². The van der Waals surface area contributed by atoms with Crippen LogP contribution in [0.4, 0.5) is 5.82 Å². The average molecular weight is 344 g/mol. The van der Waals surface area contributed by atoms with Crippen molar-refractivity contribution >= 4 is 11.7 Å². The Labute approximate surface area is 148 Å². The zero-order valence-corrected chi connectivity index (χ0v) is 15.5. The van der Waals surface area contributed by atoms with Gasteiger partial charge < -0.3 is 10.6 Å². The second-order valence-electron chi connectivity index (χ2n) is 8.07. The number of aromatic nitrogens is 4. The van der Waals surface area contributed by atoms with Gasteiger partial charge in [-0.3, -0.25) is 14.2 Å². The second-order valence-corrected chi connectivity index (χ2v) is 8.07. The smallest absolute Gasteiger partial charge is 0.253 e. The minimum absolute atomic E-state index is 0.0250. The first-order chi connectivity index (χ1) is 11.8. The summed E-state index contributed by atoms with van der Waals surface area (Å²) in [6.07, 6.45) is 5.90. The number of nitrogens with zero attached hydrogens (tertiary/aromatic N) is 4. The highest BCUT2D eigenvalue weighted by Gasteiger charge is 2.42. The summed E-state index contributed by atoms with van der Waals surface area (Å²) >= 11 is 0. The fourth-order valence-corrected chi connectivity index (χ4v) is 3.43. The number of nitrogens with one attached hydrogen (secondary N) is 2. The van der Waals surface area contributed by atoms with E-state index >= 15 is 0 Å². The van der Waals surface area contributed by atoms with Gasteiger partial charge >= 0.3 is 0 Å². The van der Waals surface area contributed by atoms with Crippen LogP contribution in [0.5, 0.6) is 0 Å². The van der Waals surface area contributed by atoms with E-state index in [0.29, 0.717) is 12.8 Å². The minimum atomic E-state index is -0.650. The molecule has 7 nitrogen and oxygen atoms in total. The van der Waals surface area contributed by atoms with Crippen LogP contribution in [0.25, 0.3) is 0 Å². The van der Waals surface area contributed by atoms with E-state index in [2.05, 4.69) is 41.6 Å². The van der Waals surface area contributed by atoms with Gasteiger partial charge in [-0.2, -0.15) is 10.2 Å². The van der Waals surface area contributed by atoms with Crippen LogP contribution in [-0.4, -0.2) is 38.6 Å². The molecule has 25 heavy (non-hydrogen) atoms. The number of carbonyl (C=O) groups excluding carboxylic acids is 1. The largest absolute Gasteiger partial charge is 0.317 e. The number of hydrogen-bond acceptors (Lipinski definition) is 4. The highest BCUT2D eigenvalue weighted by Crippen LogP contribution is 2.29. The lowest BCUT2D eigenvalue weighted by Crippen LogP contribution is -2.52. The molecule has 0 aromatic carbocycles.